The largest absolute Gasteiger partial charge is 0.497 e. The van der Waals surface area contributed by atoms with Crippen molar-refractivity contribution in [2.45, 2.75) is 18.9 Å². The third-order valence-corrected chi connectivity index (χ3v) is 4.44. The fourth-order valence-electron chi connectivity index (χ4n) is 3.24. The molecule has 0 aromatic heterocycles. The first-order valence-corrected chi connectivity index (χ1v) is 8.53. The molecule has 0 aliphatic carbocycles. The number of hydrogen-bond donors (Lipinski definition) is 0. The van der Waals surface area contributed by atoms with Crippen LogP contribution in [-0.2, 0) is 9.53 Å². The maximum absolute atomic E-state index is 12.8. The Morgan fingerprint density at radius 1 is 1.12 bits per heavy atom. The maximum Gasteiger partial charge on any atom is 0.329 e. The summed E-state index contributed by atoms with van der Waals surface area (Å²) in [6.07, 6.45) is 4.22. The summed E-state index contributed by atoms with van der Waals surface area (Å²) < 4.78 is 10.6. The molecular weight excluding hydrogens is 314 g/mol. The topological polar surface area (TPSA) is 38.8 Å². The van der Waals surface area contributed by atoms with Crippen LogP contribution in [0.3, 0.4) is 0 Å². The van der Waals surface area contributed by atoms with E-state index < -0.39 is 0 Å². The average Bonchev–Trinajstić information content (AvgIpc) is 2.68. The molecule has 130 valence electrons. The third-order valence-electron chi connectivity index (χ3n) is 4.44. The lowest BCUT2D eigenvalue weighted by Gasteiger charge is -2.38. The zero-order valence-corrected chi connectivity index (χ0v) is 14.6. The van der Waals surface area contributed by atoms with Gasteiger partial charge in [0.1, 0.15) is 11.8 Å². The molecule has 1 aliphatic rings. The van der Waals surface area contributed by atoms with Crippen molar-refractivity contribution in [2.75, 3.05) is 25.2 Å². The number of esters is 1. The molecule has 0 saturated carbocycles. The van der Waals surface area contributed by atoms with Gasteiger partial charge in [0, 0.05) is 18.2 Å². The van der Waals surface area contributed by atoms with Gasteiger partial charge in [-0.25, -0.2) is 4.79 Å². The summed E-state index contributed by atoms with van der Waals surface area (Å²) in [7, 11) is 1.64. The van der Waals surface area contributed by atoms with Gasteiger partial charge in [0.2, 0.25) is 0 Å². The molecule has 3 rings (SSSR count). The van der Waals surface area contributed by atoms with Gasteiger partial charge in [-0.3, -0.25) is 0 Å². The van der Waals surface area contributed by atoms with Gasteiger partial charge in [0.15, 0.2) is 0 Å². The van der Waals surface area contributed by atoms with Crippen molar-refractivity contribution in [3.8, 4) is 5.75 Å². The summed E-state index contributed by atoms with van der Waals surface area (Å²) in [5.41, 5.74) is 2.08. The highest BCUT2D eigenvalue weighted by atomic mass is 16.5. The van der Waals surface area contributed by atoms with Crippen molar-refractivity contribution in [2.24, 2.45) is 0 Å². The maximum atomic E-state index is 12.8. The van der Waals surface area contributed by atoms with Crippen LogP contribution in [0, 0.1) is 0 Å². The molecule has 0 radical (unpaired) electrons. The number of carbonyl (C=O) groups is 1. The summed E-state index contributed by atoms with van der Waals surface area (Å²) >= 11 is 0. The number of carbonyl (C=O) groups excluding carboxylic acids is 1. The van der Waals surface area contributed by atoms with Crippen molar-refractivity contribution in [3.05, 3.63) is 72.3 Å². The summed E-state index contributed by atoms with van der Waals surface area (Å²) in [6, 6.07) is 17.5. The minimum atomic E-state index is -0.388. The highest BCUT2D eigenvalue weighted by Crippen LogP contribution is 2.33. The quantitative estimate of drug-likeness (QED) is 0.615. The first-order valence-electron chi connectivity index (χ1n) is 8.53. The van der Waals surface area contributed by atoms with Crippen molar-refractivity contribution >= 4 is 11.7 Å². The summed E-state index contributed by atoms with van der Waals surface area (Å²) in [4.78, 5) is 14.9. The lowest BCUT2D eigenvalue weighted by molar-refractivity contribution is -0.145. The summed E-state index contributed by atoms with van der Waals surface area (Å²) in [5, 5.41) is 0. The Morgan fingerprint density at radius 2 is 1.84 bits per heavy atom. The number of nitrogens with zero attached hydrogens (tertiary/aromatic N) is 1. The van der Waals surface area contributed by atoms with Gasteiger partial charge in [-0.05, 0) is 36.8 Å². The fourth-order valence-corrected chi connectivity index (χ4v) is 3.24. The molecule has 2 aromatic carbocycles. The lowest BCUT2D eigenvalue weighted by atomic mass is 9.87. The lowest BCUT2D eigenvalue weighted by Crippen LogP contribution is -2.48. The molecule has 1 aliphatic heterocycles. The molecule has 0 fully saturated rings. The number of benzene rings is 2. The van der Waals surface area contributed by atoms with E-state index in [2.05, 4.69) is 29.2 Å². The number of rotatable bonds is 5. The van der Waals surface area contributed by atoms with Gasteiger partial charge >= 0.3 is 5.97 Å². The van der Waals surface area contributed by atoms with E-state index in [1.807, 2.05) is 49.4 Å². The number of hydrogen-bond acceptors (Lipinski definition) is 4. The van der Waals surface area contributed by atoms with Crippen LogP contribution < -0.4 is 9.64 Å². The summed E-state index contributed by atoms with van der Waals surface area (Å²) in [6.45, 7) is 2.88. The van der Waals surface area contributed by atoms with Gasteiger partial charge in [0.25, 0.3) is 0 Å². The van der Waals surface area contributed by atoms with E-state index in [-0.39, 0.29) is 17.9 Å². The minimum Gasteiger partial charge on any atom is -0.497 e. The highest BCUT2D eigenvalue weighted by Gasteiger charge is 2.36. The molecule has 1 heterocycles. The Kier molecular flexibility index (Phi) is 5.39. The van der Waals surface area contributed by atoms with Crippen LogP contribution in [0.2, 0.25) is 0 Å². The van der Waals surface area contributed by atoms with E-state index in [4.69, 9.17) is 9.47 Å². The van der Waals surface area contributed by atoms with Crippen molar-refractivity contribution in [3.63, 3.8) is 0 Å². The van der Waals surface area contributed by atoms with Gasteiger partial charge in [-0.15, -0.1) is 0 Å². The molecule has 0 bridgehead atoms. The van der Waals surface area contributed by atoms with Crippen molar-refractivity contribution in [1.29, 1.82) is 0 Å². The second-order valence-electron chi connectivity index (χ2n) is 5.91. The zero-order valence-electron chi connectivity index (χ0n) is 14.6. The highest BCUT2D eigenvalue weighted by molar-refractivity contribution is 5.83. The molecule has 25 heavy (non-hydrogen) atoms. The fraction of sp³-hybridized carbons (Fsp3) is 0.286. The molecular formula is C21H23NO3. The van der Waals surface area contributed by atoms with Gasteiger partial charge < -0.3 is 14.4 Å². The monoisotopic (exact) mass is 337 g/mol. The first-order chi connectivity index (χ1) is 12.2. The molecule has 0 spiro atoms. The van der Waals surface area contributed by atoms with Gasteiger partial charge in [-0.2, -0.15) is 0 Å². The Balaban J connectivity index is 1.98. The predicted octanol–water partition coefficient (Wildman–Crippen LogP) is 3.79. The van der Waals surface area contributed by atoms with Crippen LogP contribution >= 0.6 is 0 Å². The van der Waals surface area contributed by atoms with Crippen LogP contribution in [0.4, 0.5) is 5.69 Å². The normalized spacial score (nSPS) is 19.5. The Labute approximate surface area is 148 Å². The van der Waals surface area contributed by atoms with E-state index in [0.717, 1.165) is 17.0 Å². The molecule has 4 heteroatoms. The number of ether oxygens (including phenoxy) is 2. The van der Waals surface area contributed by atoms with Crippen molar-refractivity contribution < 1.29 is 14.3 Å². The van der Waals surface area contributed by atoms with Crippen LogP contribution in [0.15, 0.2) is 66.7 Å². The molecule has 0 unspecified atom stereocenters. The van der Waals surface area contributed by atoms with Crippen LogP contribution in [-0.4, -0.2) is 32.3 Å². The average molecular weight is 337 g/mol. The smallest absolute Gasteiger partial charge is 0.329 e. The van der Waals surface area contributed by atoms with E-state index in [9.17, 15) is 4.79 Å². The second kappa shape index (κ2) is 7.88. The molecule has 2 atom stereocenters. The van der Waals surface area contributed by atoms with Crippen LogP contribution in [0.5, 0.6) is 5.75 Å². The predicted molar refractivity (Wildman–Crippen MR) is 99.1 cm³/mol. The number of methoxy groups -OCH3 is 1. The SMILES string of the molecule is CCOC(=O)[C@H]1[C@@H](c2ccccc2)C=CCN1c1ccc(OC)cc1. The minimum absolute atomic E-state index is 0.0453. The molecule has 0 N–H and O–H groups in total. The van der Waals surface area contributed by atoms with Crippen LogP contribution in [0.25, 0.3) is 0 Å². The van der Waals surface area contributed by atoms with E-state index in [1.165, 1.54) is 0 Å². The Hall–Kier alpha value is -2.75. The van der Waals surface area contributed by atoms with E-state index in [0.29, 0.717) is 13.2 Å². The van der Waals surface area contributed by atoms with Crippen LogP contribution in [0.1, 0.15) is 18.4 Å². The van der Waals surface area contributed by atoms with Crippen molar-refractivity contribution in [1.82, 2.24) is 0 Å². The molecule has 0 amide bonds. The first kappa shape index (κ1) is 17.1. The Morgan fingerprint density at radius 3 is 2.48 bits per heavy atom. The van der Waals surface area contributed by atoms with E-state index >= 15 is 0 Å². The summed E-state index contributed by atoms with van der Waals surface area (Å²) in [5.74, 6) is 0.552. The van der Waals surface area contributed by atoms with E-state index in [1.54, 1.807) is 7.11 Å². The molecule has 2 aromatic rings. The molecule has 4 nitrogen and oxygen atoms in total. The number of anilines is 1. The standard InChI is InChI=1S/C21H23NO3/c1-3-25-21(23)20-19(16-8-5-4-6-9-16)10-7-15-22(20)17-11-13-18(24-2)14-12-17/h4-14,19-20H,3,15H2,1-2H3/t19-,20-/m1/s1. The molecule has 0 saturated heterocycles. The second-order valence-corrected chi connectivity index (χ2v) is 5.91. The Bertz CT molecular complexity index is 725. The van der Waals surface area contributed by atoms with Gasteiger partial charge in [-0.1, -0.05) is 42.5 Å². The zero-order chi connectivity index (χ0) is 17.6. The van der Waals surface area contributed by atoms with Gasteiger partial charge in [0.05, 0.1) is 13.7 Å². The third kappa shape index (κ3) is 3.68.